The molecule has 5 nitrogen and oxygen atoms in total. The van der Waals surface area contributed by atoms with Gasteiger partial charge in [0.1, 0.15) is 0 Å². The van der Waals surface area contributed by atoms with Crippen LogP contribution in [0.2, 0.25) is 0 Å². The van der Waals surface area contributed by atoms with Crippen molar-refractivity contribution in [2.75, 3.05) is 5.32 Å². The van der Waals surface area contributed by atoms with Gasteiger partial charge >= 0.3 is 5.97 Å². The fourth-order valence-electron chi connectivity index (χ4n) is 1.84. The number of ether oxygens (including phenoxy) is 1. The van der Waals surface area contributed by atoms with Gasteiger partial charge in [0.25, 0.3) is 0 Å². The summed E-state index contributed by atoms with van der Waals surface area (Å²) in [6, 6.07) is 7.23. The Morgan fingerprint density at radius 1 is 1.14 bits per heavy atom. The van der Waals surface area contributed by atoms with Crippen LogP contribution in [0.15, 0.2) is 42.9 Å². The molecule has 110 valence electrons. The van der Waals surface area contributed by atoms with Crippen LogP contribution in [0.25, 0.3) is 0 Å². The van der Waals surface area contributed by atoms with Gasteiger partial charge in [0.15, 0.2) is 0 Å². The second-order valence-corrected chi connectivity index (χ2v) is 5.03. The van der Waals surface area contributed by atoms with E-state index in [2.05, 4.69) is 15.3 Å². The summed E-state index contributed by atoms with van der Waals surface area (Å²) in [5, 5.41) is 3.31. The Labute approximate surface area is 124 Å². The molecule has 2 aromatic rings. The van der Waals surface area contributed by atoms with E-state index in [0.29, 0.717) is 5.56 Å². The van der Waals surface area contributed by atoms with E-state index in [0.717, 1.165) is 11.4 Å². The lowest BCUT2D eigenvalue weighted by Crippen LogP contribution is -2.12. The topological polar surface area (TPSA) is 64.1 Å². The normalized spacial score (nSPS) is 12.0. The number of carbonyl (C=O) groups excluding carboxylic acids is 1. The van der Waals surface area contributed by atoms with Crippen molar-refractivity contribution in [2.45, 2.75) is 32.9 Å². The van der Waals surface area contributed by atoms with Gasteiger partial charge in [0.2, 0.25) is 0 Å². The molecule has 0 amide bonds. The smallest absolute Gasteiger partial charge is 0.338 e. The maximum absolute atomic E-state index is 11.7. The third-order valence-electron chi connectivity index (χ3n) is 2.87. The van der Waals surface area contributed by atoms with Gasteiger partial charge in [-0.05, 0) is 45.0 Å². The fourth-order valence-corrected chi connectivity index (χ4v) is 1.84. The second-order valence-electron chi connectivity index (χ2n) is 5.03. The number of hydrogen-bond acceptors (Lipinski definition) is 5. The summed E-state index contributed by atoms with van der Waals surface area (Å²) in [7, 11) is 0. The molecule has 0 bridgehead atoms. The highest BCUT2D eigenvalue weighted by atomic mass is 16.5. The van der Waals surface area contributed by atoms with Crippen LogP contribution in [0.4, 0.5) is 5.69 Å². The number of aromatic nitrogens is 2. The first-order chi connectivity index (χ1) is 10.1. The van der Waals surface area contributed by atoms with Crippen molar-refractivity contribution in [3.8, 4) is 0 Å². The van der Waals surface area contributed by atoms with Crippen LogP contribution in [0.3, 0.4) is 0 Å². The Bertz CT molecular complexity index is 582. The molecule has 21 heavy (non-hydrogen) atoms. The minimum Gasteiger partial charge on any atom is -0.459 e. The minimum absolute atomic E-state index is 0.0344. The van der Waals surface area contributed by atoms with Gasteiger partial charge in [-0.1, -0.05) is 0 Å². The summed E-state index contributed by atoms with van der Waals surface area (Å²) in [5.74, 6) is -0.307. The maximum atomic E-state index is 11.7. The molecule has 0 saturated heterocycles. The first-order valence-electron chi connectivity index (χ1n) is 6.89. The van der Waals surface area contributed by atoms with E-state index in [1.807, 2.05) is 32.9 Å². The van der Waals surface area contributed by atoms with Crippen LogP contribution in [0, 0.1) is 0 Å². The van der Waals surface area contributed by atoms with Crippen LogP contribution in [-0.4, -0.2) is 22.0 Å². The molecule has 0 spiro atoms. The van der Waals surface area contributed by atoms with Gasteiger partial charge < -0.3 is 10.1 Å². The zero-order chi connectivity index (χ0) is 15.2. The molecule has 1 atom stereocenters. The van der Waals surface area contributed by atoms with E-state index in [-0.39, 0.29) is 18.1 Å². The number of carbonyl (C=O) groups is 1. The third-order valence-corrected chi connectivity index (χ3v) is 2.87. The number of nitrogens with one attached hydrogen (secondary N) is 1. The summed E-state index contributed by atoms with van der Waals surface area (Å²) in [6.45, 7) is 5.66. The van der Waals surface area contributed by atoms with Crippen LogP contribution >= 0.6 is 0 Å². The first-order valence-corrected chi connectivity index (χ1v) is 6.89. The van der Waals surface area contributed by atoms with Crippen molar-refractivity contribution in [3.05, 3.63) is 54.1 Å². The molecule has 0 saturated carbocycles. The highest BCUT2D eigenvalue weighted by Gasteiger charge is 2.10. The quantitative estimate of drug-likeness (QED) is 0.855. The predicted molar refractivity (Wildman–Crippen MR) is 81.1 cm³/mol. The molecule has 1 unspecified atom stereocenters. The average Bonchev–Trinajstić information content (AvgIpc) is 2.48. The van der Waals surface area contributed by atoms with E-state index >= 15 is 0 Å². The number of hydrogen-bond donors (Lipinski definition) is 1. The molecular formula is C16H19N3O2. The van der Waals surface area contributed by atoms with E-state index in [1.54, 1.807) is 30.7 Å². The van der Waals surface area contributed by atoms with Gasteiger partial charge in [0, 0.05) is 18.1 Å². The Morgan fingerprint density at radius 3 is 2.43 bits per heavy atom. The van der Waals surface area contributed by atoms with Crippen LogP contribution in [0.5, 0.6) is 0 Å². The van der Waals surface area contributed by atoms with Crippen molar-refractivity contribution in [2.24, 2.45) is 0 Å². The third kappa shape index (κ3) is 4.27. The molecule has 0 aliphatic heterocycles. The number of rotatable bonds is 5. The number of esters is 1. The summed E-state index contributed by atoms with van der Waals surface area (Å²) in [4.78, 5) is 20.1. The van der Waals surface area contributed by atoms with Crippen LogP contribution in [0.1, 0.15) is 42.9 Å². The van der Waals surface area contributed by atoms with Gasteiger partial charge in [-0.25, -0.2) is 4.79 Å². The van der Waals surface area contributed by atoms with Crippen LogP contribution < -0.4 is 5.32 Å². The van der Waals surface area contributed by atoms with Crippen molar-refractivity contribution < 1.29 is 9.53 Å². The lowest BCUT2D eigenvalue weighted by atomic mass is 10.2. The summed E-state index contributed by atoms with van der Waals surface area (Å²) in [6.07, 6.45) is 4.92. The standard InChI is InChI=1S/C16H19N3O2/c1-11(2)21-16(20)13-4-6-14(7-5-13)19-12(3)15-10-17-8-9-18-15/h4-12,19H,1-3H3. The van der Waals surface area contributed by atoms with Gasteiger partial charge in [-0.3, -0.25) is 9.97 Å². The highest BCUT2D eigenvalue weighted by molar-refractivity contribution is 5.89. The van der Waals surface area contributed by atoms with Crippen molar-refractivity contribution >= 4 is 11.7 Å². The molecule has 5 heteroatoms. The molecule has 1 N–H and O–H groups in total. The van der Waals surface area contributed by atoms with E-state index < -0.39 is 0 Å². The van der Waals surface area contributed by atoms with Crippen molar-refractivity contribution in [3.63, 3.8) is 0 Å². The summed E-state index contributed by atoms with van der Waals surface area (Å²) >= 11 is 0. The van der Waals surface area contributed by atoms with Gasteiger partial charge in [-0.2, -0.15) is 0 Å². The molecule has 1 aromatic carbocycles. The Hall–Kier alpha value is -2.43. The van der Waals surface area contributed by atoms with Gasteiger partial charge in [-0.15, -0.1) is 0 Å². The highest BCUT2D eigenvalue weighted by Crippen LogP contribution is 2.18. The molecule has 0 aliphatic carbocycles. The largest absolute Gasteiger partial charge is 0.459 e. The lowest BCUT2D eigenvalue weighted by molar-refractivity contribution is 0.0378. The summed E-state index contributed by atoms with van der Waals surface area (Å²) < 4.78 is 5.15. The molecule has 2 rings (SSSR count). The maximum Gasteiger partial charge on any atom is 0.338 e. The van der Waals surface area contributed by atoms with Crippen LogP contribution in [-0.2, 0) is 4.74 Å². The molecule has 0 fully saturated rings. The number of benzene rings is 1. The first kappa shape index (κ1) is 15.0. The summed E-state index contributed by atoms with van der Waals surface area (Å²) in [5.41, 5.74) is 2.32. The molecule has 1 heterocycles. The zero-order valence-corrected chi connectivity index (χ0v) is 12.4. The minimum atomic E-state index is -0.307. The molecule has 1 aromatic heterocycles. The van der Waals surface area contributed by atoms with E-state index in [4.69, 9.17) is 4.74 Å². The molecule has 0 radical (unpaired) electrons. The number of anilines is 1. The van der Waals surface area contributed by atoms with Crippen molar-refractivity contribution in [1.82, 2.24) is 9.97 Å². The van der Waals surface area contributed by atoms with E-state index in [1.165, 1.54) is 0 Å². The number of nitrogens with zero attached hydrogens (tertiary/aromatic N) is 2. The zero-order valence-electron chi connectivity index (χ0n) is 12.4. The molecule has 0 aliphatic rings. The van der Waals surface area contributed by atoms with Crippen molar-refractivity contribution in [1.29, 1.82) is 0 Å². The monoisotopic (exact) mass is 285 g/mol. The Morgan fingerprint density at radius 2 is 1.86 bits per heavy atom. The lowest BCUT2D eigenvalue weighted by Gasteiger charge is -2.14. The predicted octanol–water partition coefficient (Wildman–Crippen LogP) is 3.21. The second kappa shape index (κ2) is 6.83. The molecular weight excluding hydrogens is 266 g/mol. The Balaban J connectivity index is 2.01. The Kier molecular flexibility index (Phi) is 4.87. The average molecular weight is 285 g/mol. The SMILES string of the molecule is CC(C)OC(=O)c1ccc(NC(C)c2cnccn2)cc1. The van der Waals surface area contributed by atoms with Gasteiger partial charge in [0.05, 0.1) is 29.6 Å². The van der Waals surface area contributed by atoms with E-state index in [9.17, 15) is 4.79 Å². The fraction of sp³-hybridized carbons (Fsp3) is 0.312.